The Morgan fingerprint density at radius 2 is 2.06 bits per heavy atom. The molecule has 3 heteroatoms. The van der Waals surface area contributed by atoms with Gasteiger partial charge in [-0.2, -0.15) is 0 Å². The van der Waals surface area contributed by atoms with E-state index in [1.807, 2.05) is 6.92 Å². The van der Waals surface area contributed by atoms with E-state index >= 15 is 0 Å². The highest BCUT2D eigenvalue weighted by Crippen LogP contribution is 2.29. The summed E-state index contributed by atoms with van der Waals surface area (Å²) in [5, 5.41) is 3.52. The molecular weight excluding hydrogens is 232 g/mol. The number of benzene rings is 1. The molecule has 1 aliphatic rings. The lowest BCUT2D eigenvalue weighted by atomic mass is 10.0. The minimum atomic E-state index is -0.780. The van der Waals surface area contributed by atoms with Crippen molar-refractivity contribution < 1.29 is 8.78 Å². The molecule has 3 unspecified atom stereocenters. The van der Waals surface area contributed by atoms with Gasteiger partial charge in [-0.25, -0.2) is 8.78 Å². The molecule has 1 saturated carbocycles. The van der Waals surface area contributed by atoms with Gasteiger partial charge in [-0.1, -0.05) is 19.4 Å². The number of rotatable bonds is 4. The highest BCUT2D eigenvalue weighted by molar-refractivity contribution is 5.21. The Bertz CT molecular complexity index is 405. The van der Waals surface area contributed by atoms with Gasteiger partial charge in [0.25, 0.3) is 0 Å². The van der Waals surface area contributed by atoms with Crippen molar-refractivity contribution in [3.8, 4) is 0 Å². The Hall–Kier alpha value is -0.960. The second-order valence-electron chi connectivity index (χ2n) is 5.35. The number of nitrogens with one attached hydrogen (secondary N) is 1. The van der Waals surface area contributed by atoms with Crippen LogP contribution in [0.4, 0.5) is 8.78 Å². The average Bonchev–Trinajstić information content (AvgIpc) is 2.80. The van der Waals surface area contributed by atoms with Gasteiger partial charge in [-0.15, -0.1) is 0 Å². The number of hydrogen-bond acceptors (Lipinski definition) is 1. The Kier molecular flexibility index (Phi) is 4.33. The Morgan fingerprint density at radius 1 is 1.28 bits per heavy atom. The number of halogens is 2. The molecule has 0 amide bonds. The standard InChI is InChI=1S/C15H21F2N/c1-3-11-4-6-13(8-11)18-10(2)12-5-7-14(16)15(17)9-12/h5,7,9-11,13,18H,3-4,6,8H2,1-2H3. The molecule has 100 valence electrons. The van der Waals surface area contributed by atoms with Crippen LogP contribution in [0.1, 0.15) is 51.1 Å². The molecule has 1 fully saturated rings. The summed E-state index contributed by atoms with van der Waals surface area (Å²) in [6, 6.07) is 4.73. The summed E-state index contributed by atoms with van der Waals surface area (Å²) in [7, 11) is 0. The topological polar surface area (TPSA) is 12.0 Å². The first-order chi connectivity index (χ1) is 8.60. The predicted octanol–water partition coefficient (Wildman–Crippen LogP) is 4.19. The normalized spacial score (nSPS) is 25.3. The van der Waals surface area contributed by atoms with Gasteiger partial charge < -0.3 is 5.32 Å². The molecule has 18 heavy (non-hydrogen) atoms. The van der Waals surface area contributed by atoms with Crippen molar-refractivity contribution >= 4 is 0 Å². The van der Waals surface area contributed by atoms with E-state index in [2.05, 4.69) is 12.2 Å². The van der Waals surface area contributed by atoms with Gasteiger partial charge in [0.05, 0.1) is 0 Å². The fourth-order valence-electron chi connectivity index (χ4n) is 2.83. The molecule has 0 heterocycles. The van der Waals surface area contributed by atoms with Gasteiger partial charge in [-0.05, 0) is 49.8 Å². The van der Waals surface area contributed by atoms with Crippen molar-refractivity contribution in [1.82, 2.24) is 5.32 Å². The molecule has 3 atom stereocenters. The van der Waals surface area contributed by atoms with Gasteiger partial charge in [0.2, 0.25) is 0 Å². The van der Waals surface area contributed by atoms with Crippen LogP contribution >= 0.6 is 0 Å². The Balaban J connectivity index is 1.95. The first-order valence-corrected chi connectivity index (χ1v) is 6.81. The van der Waals surface area contributed by atoms with Crippen LogP contribution in [0.5, 0.6) is 0 Å². The van der Waals surface area contributed by atoms with Gasteiger partial charge in [0, 0.05) is 12.1 Å². The molecular formula is C15H21F2N. The lowest BCUT2D eigenvalue weighted by Crippen LogP contribution is -2.29. The number of hydrogen-bond donors (Lipinski definition) is 1. The summed E-state index contributed by atoms with van der Waals surface area (Å²) in [4.78, 5) is 0. The van der Waals surface area contributed by atoms with Crippen LogP contribution in [-0.4, -0.2) is 6.04 Å². The monoisotopic (exact) mass is 253 g/mol. The molecule has 1 nitrogen and oxygen atoms in total. The van der Waals surface area contributed by atoms with Crippen molar-refractivity contribution in [2.45, 2.75) is 51.6 Å². The summed E-state index contributed by atoms with van der Waals surface area (Å²) in [6.45, 7) is 4.23. The van der Waals surface area contributed by atoms with Crippen molar-refractivity contribution in [3.63, 3.8) is 0 Å². The largest absolute Gasteiger partial charge is 0.307 e. The maximum atomic E-state index is 13.2. The summed E-state index contributed by atoms with van der Waals surface area (Å²) in [5.41, 5.74) is 0.814. The SMILES string of the molecule is CCC1CCC(NC(C)c2ccc(F)c(F)c2)C1. The lowest BCUT2D eigenvalue weighted by molar-refractivity contribution is 0.434. The fourth-order valence-corrected chi connectivity index (χ4v) is 2.83. The molecule has 1 aromatic carbocycles. The Labute approximate surface area is 108 Å². The summed E-state index contributed by atoms with van der Waals surface area (Å²) < 4.78 is 26.0. The van der Waals surface area contributed by atoms with Crippen LogP contribution in [-0.2, 0) is 0 Å². The van der Waals surface area contributed by atoms with Crippen molar-refractivity contribution in [2.75, 3.05) is 0 Å². The van der Waals surface area contributed by atoms with E-state index in [-0.39, 0.29) is 6.04 Å². The maximum Gasteiger partial charge on any atom is 0.159 e. The highest BCUT2D eigenvalue weighted by Gasteiger charge is 2.24. The molecule has 0 radical (unpaired) electrons. The zero-order chi connectivity index (χ0) is 13.1. The van der Waals surface area contributed by atoms with E-state index in [1.165, 1.54) is 37.8 Å². The lowest BCUT2D eigenvalue weighted by Gasteiger charge is -2.20. The van der Waals surface area contributed by atoms with Crippen molar-refractivity contribution in [2.24, 2.45) is 5.92 Å². The highest BCUT2D eigenvalue weighted by atomic mass is 19.2. The summed E-state index contributed by atoms with van der Waals surface area (Å²) in [5.74, 6) is -0.725. The smallest absolute Gasteiger partial charge is 0.159 e. The van der Waals surface area contributed by atoms with Crippen LogP contribution in [0, 0.1) is 17.6 Å². The predicted molar refractivity (Wildman–Crippen MR) is 69.3 cm³/mol. The van der Waals surface area contributed by atoms with E-state index in [4.69, 9.17) is 0 Å². The minimum absolute atomic E-state index is 0.0701. The van der Waals surface area contributed by atoms with Gasteiger partial charge in [0.1, 0.15) is 0 Å². The van der Waals surface area contributed by atoms with Gasteiger partial charge >= 0.3 is 0 Å². The molecule has 2 rings (SSSR count). The van der Waals surface area contributed by atoms with Gasteiger partial charge in [0.15, 0.2) is 11.6 Å². The van der Waals surface area contributed by atoms with E-state index in [9.17, 15) is 8.78 Å². The zero-order valence-corrected chi connectivity index (χ0v) is 11.0. The molecule has 1 aliphatic carbocycles. The van der Waals surface area contributed by atoms with E-state index in [0.717, 1.165) is 11.5 Å². The quantitative estimate of drug-likeness (QED) is 0.848. The summed E-state index contributed by atoms with van der Waals surface area (Å²) in [6.07, 6.45) is 4.90. The molecule has 0 saturated heterocycles. The maximum absolute atomic E-state index is 13.2. The van der Waals surface area contributed by atoms with Crippen LogP contribution < -0.4 is 5.32 Å². The van der Waals surface area contributed by atoms with Crippen LogP contribution in [0.15, 0.2) is 18.2 Å². The van der Waals surface area contributed by atoms with Crippen molar-refractivity contribution in [1.29, 1.82) is 0 Å². The molecule has 1 aromatic rings. The fraction of sp³-hybridized carbons (Fsp3) is 0.600. The third kappa shape index (κ3) is 3.08. The van der Waals surface area contributed by atoms with E-state index in [0.29, 0.717) is 6.04 Å². The third-order valence-electron chi connectivity index (χ3n) is 4.05. The second-order valence-corrected chi connectivity index (χ2v) is 5.35. The molecule has 0 aliphatic heterocycles. The van der Waals surface area contributed by atoms with Gasteiger partial charge in [-0.3, -0.25) is 0 Å². The van der Waals surface area contributed by atoms with Crippen LogP contribution in [0.25, 0.3) is 0 Å². The van der Waals surface area contributed by atoms with Crippen molar-refractivity contribution in [3.05, 3.63) is 35.4 Å². The minimum Gasteiger partial charge on any atom is -0.307 e. The first-order valence-electron chi connectivity index (χ1n) is 6.81. The third-order valence-corrected chi connectivity index (χ3v) is 4.05. The zero-order valence-electron chi connectivity index (χ0n) is 11.0. The second kappa shape index (κ2) is 5.79. The molecule has 1 N–H and O–H groups in total. The van der Waals surface area contributed by atoms with Crippen LogP contribution in [0.2, 0.25) is 0 Å². The first kappa shape index (κ1) is 13.5. The van der Waals surface area contributed by atoms with E-state index in [1.54, 1.807) is 6.07 Å². The molecule has 0 bridgehead atoms. The molecule has 0 spiro atoms. The van der Waals surface area contributed by atoms with Crippen LogP contribution in [0.3, 0.4) is 0 Å². The average molecular weight is 253 g/mol. The summed E-state index contributed by atoms with van der Waals surface area (Å²) >= 11 is 0. The Morgan fingerprint density at radius 3 is 2.67 bits per heavy atom. The van der Waals surface area contributed by atoms with E-state index < -0.39 is 11.6 Å². The molecule has 0 aromatic heterocycles.